The van der Waals surface area contributed by atoms with Gasteiger partial charge in [-0.05, 0) is 50.1 Å². The second-order valence-electron chi connectivity index (χ2n) is 6.02. The van der Waals surface area contributed by atoms with Crippen LogP contribution in [0.3, 0.4) is 0 Å². The number of carbonyl (C=O) groups excluding carboxylic acids is 1. The maximum absolute atomic E-state index is 11.9. The van der Waals surface area contributed by atoms with Crippen molar-refractivity contribution in [2.24, 2.45) is 5.92 Å². The third-order valence-corrected chi connectivity index (χ3v) is 5.29. The third-order valence-electron chi connectivity index (χ3n) is 4.51. The Labute approximate surface area is 113 Å². The molecule has 2 fully saturated rings. The van der Waals surface area contributed by atoms with E-state index in [9.17, 15) is 4.79 Å². The molecule has 0 amide bonds. The highest BCUT2D eigenvalue weighted by Gasteiger charge is 2.24. The minimum absolute atomic E-state index is 0.0347. The summed E-state index contributed by atoms with van der Waals surface area (Å²) in [5.41, 5.74) is 0.432. The van der Waals surface area contributed by atoms with Crippen molar-refractivity contribution in [3.05, 3.63) is 0 Å². The Morgan fingerprint density at radius 1 is 1.00 bits per heavy atom. The van der Waals surface area contributed by atoms with Crippen molar-refractivity contribution in [2.45, 2.75) is 82.4 Å². The number of ether oxygens (including phenoxy) is 1. The van der Waals surface area contributed by atoms with Crippen molar-refractivity contribution in [1.29, 1.82) is 0 Å². The second-order valence-corrected chi connectivity index (χ2v) is 6.87. The summed E-state index contributed by atoms with van der Waals surface area (Å²) in [6.07, 6.45) is 13.4. The predicted molar refractivity (Wildman–Crippen MR) is 77.7 cm³/mol. The molecule has 2 nitrogen and oxygen atoms in total. The van der Waals surface area contributed by atoms with Crippen molar-refractivity contribution in [3.8, 4) is 0 Å². The lowest BCUT2D eigenvalue weighted by Crippen LogP contribution is -2.25. The first-order valence-corrected chi connectivity index (χ1v) is 8.37. The molecule has 3 heteroatoms. The molecular formula is C15H27O2P. The van der Waals surface area contributed by atoms with E-state index in [2.05, 4.69) is 9.24 Å². The van der Waals surface area contributed by atoms with Gasteiger partial charge in [0.25, 0.3) is 0 Å². The fourth-order valence-corrected chi connectivity index (χ4v) is 3.92. The van der Waals surface area contributed by atoms with E-state index in [-0.39, 0.29) is 12.1 Å². The molecule has 0 aromatic carbocycles. The van der Waals surface area contributed by atoms with Crippen LogP contribution in [-0.2, 0) is 9.53 Å². The summed E-state index contributed by atoms with van der Waals surface area (Å²) >= 11 is 0. The fourth-order valence-electron chi connectivity index (χ4n) is 3.34. The van der Waals surface area contributed by atoms with E-state index >= 15 is 0 Å². The van der Waals surface area contributed by atoms with E-state index in [0.717, 1.165) is 18.8 Å². The molecule has 0 heterocycles. The summed E-state index contributed by atoms with van der Waals surface area (Å²) in [7, 11) is 2.89. The Bertz CT molecular complexity index is 255. The summed E-state index contributed by atoms with van der Waals surface area (Å²) in [6.45, 7) is 0. The molecular weight excluding hydrogens is 243 g/mol. The predicted octanol–water partition coefficient (Wildman–Crippen LogP) is 4.08. The van der Waals surface area contributed by atoms with Gasteiger partial charge in [-0.15, -0.1) is 9.24 Å². The topological polar surface area (TPSA) is 26.3 Å². The van der Waals surface area contributed by atoms with Crippen LogP contribution in [0, 0.1) is 5.92 Å². The molecule has 104 valence electrons. The highest BCUT2D eigenvalue weighted by Crippen LogP contribution is 2.32. The SMILES string of the molecule is O=C(CC(P)C1CCCCC1)OC1CCCCC1. The van der Waals surface area contributed by atoms with Crippen LogP contribution in [-0.4, -0.2) is 17.7 Å². The van der Waals surface area contributed by atoms with Gasteiger partial charge in [-0.1, -0.05) is 25.7 Å². The van der Waals surface area contributed by atoms with Crippen molar-refractivity contribution in [3.63, 3.8) is 0 Å². The highest BCUT2D eigenvalue weighted by atomic mass is 31.0. The van der Waals surface area contributed by atoms with Gasteiger partial charge in [0, 0.05) is 0 Å². The molecule has 2 saturated carbocycles. The zero-order valence-corrected chi connectivity index (χ0v) is 12.6. The second kappa shape index (κ2) is 7.48. The molecule has 0 aromatic heterocycles. The lowest BCUT2D eigenvalue weighted by Gasteiger charge is -2.28. The van der Waals surface area contributed by atoms with Crippen LogP contribution in [0.2, 0.25) is 0 Å². The van der Waals surface area contributed by atoms with E-state index in [1.54, 1.807) is 0 Å². The van der Waals surface area contributed by atoms with Crippen molar-refractivity contribution in [2.75, 3.05) is 0 Å². The molecule has 2 atom stereocenters. The van der Waals surface area contributed by atoms with E-state index < -0.39 is 0 Å². The average molecular weight is 270 g/mol. The maximum atomic E-state index is 11.9. The Balaban J connectivity index is 1.68. The van der Waals surface area contributed by atoms with Crippen LogP contribution in [0.1, 0.15) is 70.6 Å². The lowest BCUT2D eigenvalue weighted by atomic mass is 9.85. The van der Waals surface area contributed by atoms with Crippen molar-refractivity contribution < 1.29 is 9.53 Å². The molecule has 2 aliphatic carbocycles. The first-order chi connectivity index (χ1) is 8.75. The molecule has 2 unspecified atom stereocenters. The molecule has 0 spiro atoms. The number of carbonyl (C=O) groups is 1. The van der Waals surface area contributed by atoms with Crippen molar-refractivity contribution in [1.82, 2.24) is 0 Å². The van der Waals surface area contributed by atoms with Crippen LogP contribution in [0.15, 0.2) is 0 Å². The van der Waals surface area contributed by atoms with Crippen molar-refractivity contribution >= 4 is 15.2 Å². The van der Waals surface area contributed by atoms with Gasteiger partial charge in [0.15, 0.2) is 0 Å². The standard InChI is InChI=1S/C15H27O2P/c16-15(17-13-9-5-2-6-10-13)11-14(18)12-7-3-1-4-8-12/h12-14H,1-11,18H2. The normalized spacial score (nSPS) is 24.7. The Morgan fingerprint density at radius 2 is 1.56 bits per heavy atom. The summed E-state index contributed by atoms with van der Waals surface area (Å²) in [4.78, 5) is 11.9. The van der Waals surface area contributed by atoms with E-state index in [0.29, 0.717) is 12.1 Å². The fraction of sp³-hybridized carbons (Fsp3) is 0.933. The first kappa shape index (κ1) is 14.3. The molecule has 2 aliphatic rings. The zero-order chi connectivity index (χ0) is 12.8. The molecule has 2 rings (SSSR count). The molecule has 0 radical (unpaired) electrons. The zero-order valence-electron chi connectivity index (χ0n) is 11.4. The third kappa shape index (κ3) is 4.53. The largest absolute Gasteiger partial charge is 0.462 e. The summed E-state index contributed by atoms with van der Waals surface area (Å²) in [5, 5.41) is 0. The van der Waals surface area contributed by atoms with Crippen LogP contribution in [0.5, 0.6) is 0 Å². The molecule has 18 heavy (non-hydrogen) atoms. The van der Waals surface area contributed by atoms with Crippen LogP contribution >= 0.6 is 9.24 Å². The molecule has 0 bridgehead atoms. The summed E-state index contributed by atoms with van der Waals surface area (Å²) in [5.74, 6) is 0.759. The quantitative estimate of drug-likeness (QED) is 0.568. The van der Waals surface area contributed by atoms with Gasteiger partial charge in [0.2, 0.25) is 0 Å². The number of hydrogen-bond acceptors (Lipinski definition) is 2. The van der Waals surface area contributed by atoms with Gasteiger partial charge in [-0.2, -0.15) is 0 Å². The minimum Gasteiger partial charge on any atom is -0.462 e. The van der Waals surface area contributed by atoms with Gasteiger partial charge in [0.1, 0.15) is 6.10 Å². The van der Waals surface area contributed by atoms with Gasteiger partial charge < -0.3 is 4.74 Å². The Morgan fingerprint density at radius 3 is 2.17 bits per heavy atom. The van der Waals surface area contributed by atoms with Crippen LogP contribution in [0.25, 0.3) is 0 Å². The van der Waals surface area contributed by atoms with E-state index in [4.69, 9.17) is 4.74 Å². The van der Waals surface area contributed by atoms with E-state index in [1.807, 2.05) is 0 Å². The number of esters is 1. The average Bonchev–Trinajstić information content (AvgIpc) is 2.40. The van der Waals surface area contributed by atoms with Crippen LogP contribution in [0.4, 0.5) is 0 Å². The number of hydrogen-bond donors (Lipinski definition) is 0. The van der Waals surface area contributed by atoms with Gasteiger partial charge in [-0.25, -0.2) is 0 Å². The Kier molecular flexibility index (Phi) is 5.95. The molecule has 0 aliphatic heterocycles. The van der Waals surface area contributed by atoms with E-state index in [1.165, 1.54) is 51.4 Å². The monoisotopic (exact) mass is 270 g/mol. The lowest BCUT2D eigenvalue weighted by molar-refractivity contribution is -0.150. The van der Waals surface area contributed by atoms with Gasteiger partial charge in [-0.3, -0.25) is 4.79 Å². The number of rotatable bonds is 4. The highest BCUT2D eigenvalue weighted by molar-refractivity contribution is 7.17. The smallest absolute Gasteiger partial charge is 0.306 e. The van der Waals surface area contributed by atoms with Crippen LogP contribution < -0.4 is 0 Å². The molecule has 0 saturated heterocycles. The minimum atomic E-state index is 0.0347. The van der Waals surface area contributed by atoms with Gasteiger partial charge in [0.05, 0.1) is 6.42 Å². The molecule has 0 N–H and O–H groups in total. The summed E-state index contributed by atoms with van der Waals surface area (Å²) in [6, 6.07) is 0. The Hall–Kier alpha value is -0.100. The maximum Gasteiger partial charge on any atom is 0.306 e. The first-order valence-electron chi connectivity index (χ1n) is 7.71. The molecule has 0 aromatic rings. The van der Waals surface area contributed by atoms with Gasteiger partial charge >= 0.3 is 5.97 Å². The summed E-state index contributed by atoms with van der Waals surface area (Å²) < 4.78 is 5.60.